The number of ether oxygens (including phenoxy) is 2. The zero-order chi connectivity index (χ0) is 24.2. The number of esters is 1. The normalized spacial score (nSPS) is 11.9. The predicted octanol–water partition coefficient (Wildman–Crippen LogP) is 8.57. The van der Waals surface area contributed by atoms with Crippen LogP contribution in [0.2, 0.25) is 0 Å². The fourth-order valence-electron chi connectivity index (χ4n) is 3.96. The number of para-hydroxylation sites is 1. The van der Waals surface area contributed by atoms with Gasteiger partial charge in [0.15, 0.2) is 0 Å². The Bertz CT molecular complexity index is 1010. The first kappa shape index (κ1) is 25.7. The Morgan fingerprint density at radius 3 is 2.09 bits per heavy atom. The van der Waals surface area contributed by atoms with Crippen molar-refractivity contribution in [3.63, 3.8) is 0 Å². The molecule has 0 saturated carbocycles. The summed E-state index contributed by atoms with van der Waals surface area (Å²) in [6, 6.07) is 23.9. The van der Waals surface area contributed by atoms with Gasteiger partial charge in [0, 0.05) is 6.61 Å². The standard InChI is InChI=1S/C31H38O3/c1-4-6-8-9-12-28-13-10-11-14-30(28)34-31(32)29-21-19-27(20-22-29)26-17-15-25(16-18-26)24(3)33-23-7-5-2/h10-11,13-22,24H,4-9,12,23H2,1-3H3. The van der Waals surface area contributed by atoms with Crippen molar-refractivity contribution < 1.29 is 14.3 Å². The highest BCUT2D eigenvalue weighted by molar-refractivity contribution is 5.91. The summed E-state index contributed by atoms with van der Waals surface area (Å²) in [5.74, 6) is 0.347. The maximum Gasteiger partial charge on any atom is 0.343 e. The minimum atomic E-state index is -0.319. The lowest BCUT2D eigenvalue weighted by Gasteiger charge is -2.14. The van der Waals surface area contributed by atoms with E-state index in [0.29, 0.717) is 11.3 Å². The van der Waals surface area contributed by atoms with Crippen LogP contribution >= 0.6 is 0 Å². The topological polar surface area (TPSA) is 35.5 Å². The minimum absolute atomic E-state index is 0.0901. The van der Waals surface area contributed by atoms with Crippen molar-refractivity contribution in [1.82, 2.24) is 0 Å². The smallest absolute Gasteiger partial charge is 0.343 e. The van der Waals surface area contributed by atoms with Crippen LogP contribution in [0.25, 0.3) is 11.1 Å². The number of unbranched alkanes of at least 4 members (excludes halogenated alkanes) is 4. The molecule has 3 heteroatoms. The molecule has 0 aliphatic heterocycles. The fourth-order valence-corrected chi connectivity index (χ4v) is 3.96. The number of carbonyl (C=O) groups is 1. The number of hydrogen-bond donors (Lipinski definition) is 0. The van der Waals surface area contributed by atoms with Crippen molar-refractivity contribution in [3.8, 4) is 16.9 Å². The van der Waals surface area contributed by atoms with E-state index in [2.05, 4.69) is 51.1 Å². The quantitative estimate of drug-likeness (QED) is 0.146. The van der Waals surface area contributed by atoms with Gasteiger partial charge in [0.2, 0.25) is 0 Å². The lowest BCUT2D eigenvalue weighted by atomic mass is 10.0. The highest BCUT2D eigenvalue weighted by Crippen LogP contribution is 2.25. The van der Waals surface area contributed by atoms with Crippen LogP contribution in [0.5, 0.6) is 5.75 Å². The van der Waals surface area contributed by atoms with E-state index in [1.165, 1.54) is 24.8 Å². The first-order chi connectivity index (χ1) is 16.6. The van der Waals surface area contributed by atoms with Crippen LogP contribution in [0.3, 0.4) is 0 Å². The Labute approximate surface area is 205 Å². The van der Waals surface area contributed by atoms with Crippen LogP contribution in [0.15, 0.2) is 72.8 Å². The van der Waals surface area contributed by atoms with Crippen molar-refractivity contribution >= 4 is 5.97 Å². The van der Waals surface area contributed by atoms with Gasteiger partial charge in [-0.1, -0.05) is 94.1 Å². The van der Waals surface area contributed by atoms with E-state index in [1.807, 2.05) is 42.5 Å². The van der Waals surface area contributed by atoms with E-state index >= 15 is 0 Å². The van der Waals surface area contributed by atoms with Gasteiger partial charge < -0.3 is 9.47 Å². The molecule has 0 amide bonds. The van der Waals surface area contributed by atoms with E-state index in [1.54, 1.807) is 0 Å². The van der Waals surface area contributed by atoms with Gasteiger partial charge in [-0.25, -0.2) is 4.79 Å². The van der Waals surface area contributed by atoms with Crippen LogP contribution in [0.1, 0.15) is 86.9 Å². The molecular weight excluding hydrogens is 420 g/mol. The maximum absolute atomic E-state index is 12.8. The molecule has 0 saturated heterocycles. The van der Waals surface area contributed by atoms with Crippen molar-refractivity contribution in [3.05, 3.63) is 89.5 Å². The molecule has 1 atom stereocenters. The zero-order valence-corrected chi connectivity index (χ0v) is 20.9. The van der Waals surface area contributed by atoms with E-state index in [-0.39, 0.29) is 12.1 Å². The summed E-state index contributed by atoms with van der Waals surface area (Å²) in [6.07, 6.45) is 8.01. The molecule has 180 valence electrons. The molecule has 3 aromatic carbocycles. The molecule has 0 heterocycles. The van der Waals surface area contributed by atoms with Gasteiger partial charge in [-0.05, 0) is 66.6 Å². The lowest BCUT2D eigenvalue weighted by molar-refractivity contribution is 0.0637. The second-order valence-corrected chi connectivity index (χ2v) is 8.87. The van der Waals surface area contributed by atoms with Gasteiger partial charge in [0.05, 0.1) is 11.7 Å². The van der Waals surface area contributed by atoms with Crippen molar-refractivity contribution in [2.45, 2.75) is 71.8 Å². The molecule has 3 aromatic rings. The van der Waals surface area contributed by atoms with E-state index < -0.39 is 0 Å². The number of benzene rings is 3. The van der Waals surface area contributed by atoms with E-state index in [0.717, 1.165) is 49.0 Å². The zero-order valence-electron chi connectivity index (χ0n) is 20.9. The van der Waals surface area contributed by atoms with Crippen molar-refractivity contribution in [2.75, 3.05) is 6.61 Å². The van der Waals surface area contributed by atoms with Gasteiger partial charge in [-0.15, -0.1) is 0 Å². The third kappa shape index (κ3) is 7.56. The Kier molecular flexibility index (Phi) is 10.4. The van der Waals surface area contributed by atoms with Crippen LogP contribution < -0.4 is 4.74 Å². The summed E-state index contributed by atoms with van der Waals surface area (Å²) in [4.78, 5) is 12.8. The average molecular weight is 459 g/mol. The SMILES string of the molecule is CCCCCCc1ccccc1OC(=O)c1ccc(-c2ccc(C(C)OCCCC)cc2)cc1. The summed E-state index contributed by atoms with van der Waals surface area (Å²) in [7, 11) is 0. The summed E-state index contributed by atoms with van der Waals surface area (Å²) in [5, 5.41) is 0. The molecular formula is C31H38O3. The molecule has 0 fully saturated rings. The van der Waals surface area contributed by atoms with Crippen LogP contribution in [-0.4, -0.2) is 12.6 Å². The summed E-state index contributed by atoms with van der Waals surface area (Å²) in [5.41, 5.74) is 5.00. The van der Waals surface area contributed by atoms with Crippen LogP contribution in [0.4, 0.5) is 0 Å². The van der Waals surface area contributed by atoms with Crippen LogP contribution in [0, 0.1) is 0 Å². The predicted molar refractivity (Wildman–Crippen MR) is 140 cm³/mol. The number of aryl methyl sites for hydroxylation is 1. The van der Waals surface area contributed by atoms with Gasteiger partial charge in [0.25, 0.3) is 0 Å². The Hall–Kier alpha value is -2.91. The monoisotopic (exact) mass is 458 g/mol. The van der Waals surface area contributed by atoms with Gasteiger partial charge >= 0.3 is 5.97 Å². The Morgan fingerprint density at radius 2 is 1.41 bits per heavy atom. The largest absolute Gasteiger partial charge is 0.423 e. The molecule has 0 aromatic heterocycles. The molecule has 0 N–H and O–H groups in total. The second-order valence-electron chi connectivity index (χ2n) is 8.87. The first-order valence-corrected chi connectivity index (χ1v) is 12.7. The van der Waals surface area contributed by atoms with Crippen molar-refractivity contribution in [2.24, 2.45) is 0 Å². The molecule has 3 rings (SSSR count). The van der Waals surface area contributed by atoms with E-state index in [4.69, 9.17) is 9.47 Å². The third-order valence-electron chi connectivity index (χ3n) is 6.17. The molecule has 0 spiro atoms. The molecule has 34 heavy (non-hydrogen) atoms. The van der Waals surface area contributed by atoms with Gasteiger partial charge in [0.1, 0.15) is 5.75 Å². The first-order valence-electron chi connectivity index (χ1n) is 12.7. The highest BCUT2D eigenvalue weighted by atomic mass is 16.5. The summed E-state index contributed by atoms with van der Waals surface area (Å²) in [6.45, 7) is 7.26. The third-order valence-corrected chi connectivity index (χ3v) is 6.17. The average Bonchev–Trinajstić information content (AvgIpc) is 2.88. The van der Waals surface area contributed by atoms with Gasteiger partial charge in [-0.2, -0.15) is 0 Å². The van der Waals surface area contributed by atoms with Crippen LogP contribution in [-0.2, 0) is 11.2 Å². The van der Waals surface area contributed by atoms with E-state index in [9.17, 15) is 4.79 Å². The molecule has 3 nitrogen and oxygen atoms in total. The summed E-state index contributed by atoms with van der Waals surface area (Å²) >= 11 is 0. The number of rotatable bonds is 13. The molecule has 1 unspecified atom stereocenters. The molecule has 0 bridgehead atoms. The number of hydrogen-bond acceptors (Lipinski definition) is 3. The van der Waals surface area contributed by atoms with Crippen molar-refractivity contribution in [1.29, 1.82) is 0 Å². The fraction of sp³-hybridized carbons (Fsp3) is 0.387. The number of carbonyl (C=O) groups excluding carboxylic acids is 1. The summed E-state index contributed by atoms with van der Waals surface area (Å²) < 4.78 is 11.7. The Balaban J connectivity index is 1.61. The van der Waals surface area contributed by atoms with Gasteiger partial charge in [-0.3, -0.25) is 0 Å². The maximum atomic E-state index is 12.8. The molecule has 0 aliphatic carbocycles. The highest BCUT2D eigenvalue weighted by Gasteiger charge is 2.12. The second kappa shape index (κ2) is 13.7. The Morgan fingerprint density at radius 1 is 0.765 bits per heavy atom. The molecule has 0 aliphatic rings. The molecule has 0 radical (unpaired) electrons. The minimum Gasteiger partial charge on any atom is -0.423 e. The lowest BCUT2D eigenvalue weighted by Crippen LogP contribution is -2.09.